The average molecular weight is 616 g/mol. The molecular weight excluding hydrogens is 588 g/mol. The lowest BCUT2D eigenvalue weighted by Crippen LogP contribution is -2.47. The van der Waals surface area contributed by atoms with Crippen molar-refractivity contribution in [3.05, 3.63) is 69.0 Å². The Labute approximate surface area is 234 Å². The van der Waals surface area contributed by atoms with Crippen LogP contribution in [0.25, 0.3) is 0 Å². The van der Waals surface area contributed by atoms with E-state index in [1.807, 2.05) is 4.90 Å². The van der Waals surface area contributed by atoms with Gasteiger partial charge in [-0.05, 0) is 55.8 Å². The van der Waals surface area contributed by atoms with Gasteiger partial charge in [0.2, 0.25) is 15.7 Å². The highest BCUT2D eigenvalue weighted by Gasteiger charge is 2.43. The zero-order valence-corrected chi connectivity index (χ0v) is 23.5. The van der Waals surface area contributed by atoms with E-state index in [4.69, 9.17) is 23.2 Å². The van der Waals surface area contributed by atoms with Crippen LogP contribution >= 0.6 is 23.2 Å². The molecule has 1 N–H and O–H groups in total. The number of amides is 1. The third-order valence-corrected chi connectivity index (χ3v) is 8.06. The fraction of sp³-hybridized carbons (Fsp3) is 0.480. The van der Waals surface area contributed by atoms with Crippen LogP contribution in [0.4, 0.5) is 22.0 Å². The van der Waals surface area contributed by atoms with Crippen LogP contribution in [0.5, 0.6) is 0 Å². The number of nitrogens with one attached hydrogen (secondary N) is 1. The first kappa shape index (κ1) is 31.5. The van der Waals surface area contributed by atoms with Gasteiger partial charge in [-0.3, -0.25) is 4.79 Å². The SMILES string of the molecule is CN(Cc1ccc(F)c(C(F)(F)F)c1)C(=O)C(F)(CCN1CCC(NS(C)(=O)=O)CC1)c1ccc(Cl)c(Cl)c1. The van der Waals surface area contributed by atoms with E-state index < -0.39 is 45.7 Å². The Morgan fingerprint density at radius 1 is 1.08 bits per heavy atom. The smallest absolute Gasteiger partial charge is 0.338 e. The van der Waals surface area contributed by atoms with Crippen LogP contribution in [-0.4, -0.2) is 63.1 Å². The van der Waals surface area contributed by atoms with Crippen molar-refractivity contribution >= 4 is 39.1 Å². The summed E-state index contributed by atoms with van der Waals surface area (Å²) in [6.45, 7) is 0.656. The Morgan fingerprint density at radius 3 is 2.28 bits per heavy atom. The zero-order chi connectivity index (χ0) is 29.2. The highest BCUT2D eigenvalue weighted by Crippen LogP contribution is 2.37. The van der Waals surface area contributed by atoms with Crippen molar-refractivity contribution in [2.24, 2.45) is 0 Å². The quantitative estimate of drug-likeness (QED) is 0.385. The van der Waals surface area contributed by atoms with E-state index in [0.29, 0.717) is 38.1 Å². The Bertz CT molecular complexity index is 1300. The van der Waals surface area contributed by atoms with Gasteiger partial charge < -0.3 is 9.80 Å². The van der Waals surface area contributed by atoms with Gasteiger partial charge in [-0.1, -0.05) is 35.3 Å². The van der Waals surface area contributed by atoms with Crippen LogP contribution in [-0.2, 0) is 33.2 Å². The summed E-state index contributed by atoms with van der Waals surface area (Å²) in [6.07, 6.45) is -3.17. The molecular formula is C25H28Cl2F5N3O3S. The molecule has 2 aromatic carbocycles. The van der Waals surface area contributed by atoms with Crippen LogP contribution in [0.3, 0.4) is 0 Å². The van der Waals surface area contributed by atoms with Gasteiger partial charge in [0, 0.05) is 38.2 Å². The number of sulfonamides is 1. The van der Waals surface area contributed by atoms with E-state index in [9.17, 15) is 30.8 Å². The molecule has 6 nitrogen and oxygen atoms in total. The van der Waals surface area contributed by atoms with E-state index in [2.05, 4.69) is 4.72 Å². The largest absolute Gasteiger partial charge is 0.419 e. The Hall–Kier alpha value is -1.99. The number of carbonyl (C=O) groups is 1. The number of carbonyl (C=O) groups excluding carboxylic acids is 1. The molecule has 1 heterocycles. The topological polar surface area (TPSA) is 69.7 Å². The van der Waals surface area contributed by atoms with Gasteiger partial charge in [0.25, 0.3) is 5.91 Å². The molecule has 3 rings (SSSR count). The molecule has 0 bridgehead atoms. The molecule has 1 unspecified atom stereocenters. The highest BCUT2D eigenvalue weighted by molar-refractivity contribution is 7.88. The van der Waals surface area contributed by atoms with Crippen LogP contribution in [0, 0.1) is 5.82 Å². The maximum atomic E-state index is 16.7. The Kier molecular flexibility index (Phi) is 9.91. The number of nitrogens with zero attached hydrogens (tertiary/aromatic N) is 2. The van der Waals surface area contributed by atoms with Crippen LogP contribution in [0.15, 0.2) is 36.4 Å². The van der Waals surface area contributed by atoms with Crippen molar-refractivity contribution in [1.29, 1.82) is 0 Å². The highest BCUT2D eigenvalue weighted by atomic mass is 35.5. The fourth-order valence-corrected chi connectivity index (χ4v) is 5.68. The van der Waals surface area contributed by atoms with Gasteiger partial charge >= 0.3 is 6.18 Å². The molecule has 14 heteroatoms. The van der Waals surface area contributed by atoms with E-state index in [1.54, 1.807) is 0 Å². The van der Waals surface area contributed by atoms with Crippen LogP contribution in [0.1, 0.15) is 36.0 Å². The molecule has 1 fully saturated rings. The van der Waals surface area contributed by atoms with Crippen LogP contribution < -0.4 is 4.72 Å². The summed E-state index contributed by atoms with van der Waals surface area (Å²) in [5.41, 5.74) is -4.20. The Morgan fingerprint density at radius 2 is 1.72 bits per heavy atom. The van der Waals surface area contributed by atoms with Crippen LogP contribution in [0.2, 0.25) is 10.0 Å². The summed E-state index contributed by atoms with van der Waals surface area (Å²) in [5.74, 6) is -2.47. The van der Waals surface area contributed by atoms with Crippen molar-refractivity contribution in [2.45, 2.75) is 43.7 Å². The minimum atomic E-state index is -4.93. The average Bonchev–Trinajstić information content (AvgIpc) is 2.84. The molecule has 0 aliphatic carbocycles. The number of piperidine rings is 1. The van der Waals surface area contributed by atoms with Crippen molar-refractivity contribution in [1.82, 2.24) is 14.5 Å². The van der Waals surface area contributed by atoms with Gasteiger partial charge in [0.1, 0.15) is 5.82 Å². The number of benzene rings is 2. The number of halogens is 7. The second-order valence-corrected chi connectivity index (χ2v) is 12.3. The standard InChI is InChI=1S/C25H28Cl2F5N3O3S/c1-34(15-16-3-6-22(28)19(13-16)25(30,31)32)23(36)24(29,17-4-5-20(26)21(27)14-17)9-12-35-10-7-18(8-11-35)33-39(2,37)38/h3-6,13-14,18,33H,7-12,15H2,1-2H3. The molecule has 1 aliphatic heterocycles. The van der Waals surface area contributed by atoms with E-state index in [-0.39, 0.29) is 40.2 Å². The molecule has 1 atom stereocenters. The molecule has 1 aliphatic rings. The van der Waals surface area contributed by atoms with Gasteiger partial charge in [-0.15, -0.1) is 0 Å². The summed E-state index contributed by atoms with van der Waals surface area (Å²) in [6, 6.07) is 6.00. The van der Waals surface area contributed by atoms with E-state index >= 15 is 4.39 Å². The normalized spacial score (nSPS) is 17.2. The first-order valence-electron chi connectivity index (χ1n) is 11.9. The third-order valence-electron chi connectivity index (χ3n) is 6.56. The summed E-state index contributed by atoms with van der Waals surface area (Å²) in [4.78, 5) is 16.3. The maximum Gasteiger partial charge on any atom is 0.419 e. The molecule has 2 aromatic rings. The van der Waals surface area contributed by atoms with Crippen molar-refractivity contribution in [3.8, 4) is 0 Å². The van der Waals surface area contributed by atoms with Gasteiger partial charge in [0.05, 0.1) is 21.9 Å². The minimum Gasteiger partial charge on any atom is -0.338 e. The van der Waals surface area contributed by atoms with E-state index in [0.717, 1.165) is 17.2 Å². The number of hydrogen-bond donors (Lipinski definition) is 1. The Balaban J connectivity index is 1.80. The predicted octanol–water partition coefficient (Wildman–Crippen LogP) is 5.38. The predicted molar refractivity (Wildman–Crippen MR) is 139 cm³/mol. The van der Waals surface area contributed by atoms with Crippen molar-refractivity contribution in [2.75, 3.05) is 32.9 Å². The number of likely N-dealkylation sites (tertiary alicyclic amines) is 1. The van der Waals surface area contributed by atoms with Gasteiger partial charge in [-0.2, -0.15) is 13.2 Å². The summed E-state index contributed by atoms with van der Waals surface area (Å²) >= 11 is 12.1. The lowest BCUT2D eigenvalue weighted by atomic mass is 9.89. The second kappa shape index (κ2) is 12.3. The lowest BCUT2D eigenvalue weighted by molar-refractivity contribution is -0.145. The summed E-state index contributed by atoms with van der Waals surface area (Å²) in [5, 5.41) is 0.169. The monoisotopic (exact) mass is 615 g/mol. The van der Waals surface area contributed by atoms with Gasteiger partial charge in [0.15, 0.2) is 0 Å². The summed E-state index contributed by atoms with van der Waals surface area (Å²) < 4.78 is 95.4. The number of likely N-dealkylation sites (N-methyl/N-ethyl adjacent to an activating group) is 1. The molecule has 0 aromatic heterocycles. The first-order valence-corrected chi connectivity index (χ1v) is 14.6. The van der Waals surface area contributed by atoms with Crippen molar-refractivity contribution in [3.63, 3.8) is 0 Å². The molecule has 0 saturated carbocycles. The molecule has 1 saturated heterocycles. The molecule has 1 amide bonds. The second-order valence-electron chi connectivity index (χ2n) is 9.66. The van der Waals surface area contributed by atoms with E-state index in [1.165, 1.54) is 25.2 Å². The maximum absolute atomic E-state index is 16.7. The first-order chi connectivity index (χ1) is 18.0. The van der Waals surface area contributed by atoms with Crippen molar-refractivity contribution < 1.29 is 35.2 Å². The van der Waals surface area contributed by atoms with Gasteiger partial charge in [-0.25, -0.2) is 21.9 Å². The lowest BCUT2D eigenvalue weighted by Gasteiger charge is -2.35. The number of hydrogen-bond acceptors (Lipinski definition) is 4. The molecule has 39 heavy (non-hydrogen) atoms. The molecule has 0 spiro atoms. The molecule has 0 radical (unpaired) electrons. The zero-order valence-electron chi connectivity index (χ0n) is 21.2. The third kappa shape index (κ3) is 8.26. The summed E-state index contributed by atoms with van der Waals surface area (Å²) in [7, 11) is -2.12. The number of alkyl halides is 4. The molecule has 216 valence electrons. The minimum absolute atomic E-state index is 0.0210. The fourth-order valence-electron chi connectivity index (χ4n) is 4.54. The number of rotatable bonds is 9.